The second-order valence-corrected chi connectivity index (χ2v) is 5.24. The molecule has 1 rings (SSSR count). The Morgan fingerprint density at radius 1 is 1.22 bits per heavy atom. The molecule has 0 nitrogen and oxygen atoms in total. The molecule has 0 fully saturated rings. The average molecular weight is 275 g/mol. The molecular weight excluding hydrogens is 254 g/mol. The third kappa shape index (κ3) is 4.56. The van der Waals surface area contributed by atoms with Gasteiger partial charge in [-0.15, -0.1) is 0 Å². The molecule has 0 aliphatic rings. The van der Waals surface area contributed by atoms with Crippen LogP contribution < -0.4 is 0 Å². The Labute approximate surface area is 113 Å². The van der Waals surface area contributed by atoms with E-state index in [1.165, 1.54) is 6.07 Å². The number of rotatable bonds is 7. The first-order valence-corrected chi connectivity index (χ1v) is 7.02. The molecule has 0 N–H and O–H groups in total. The van der Waals surface area contributed by atoms with Crippen molar-refractivity contribution in [3.63, 3.8) is 0 Å². The van der Waals surface area contributed by atoms with Crippen molar-refractivity contribution < 1.29 is 8.78 Å². The lowest BCUT2D eigenvalue weighted by Crippen LogP contribution is -2.02. The molecule has 0 aliphatic carbocycles. The summed E-state index contributed by atoms with van der Waals surface area (Å²) in [6.07, 6.45) is 3.06. The minimum Gasteiger partial charge on any atom is -0.247 e. The molecule has 0 aliphatic heterocycles. The first-order valence-electron chi connectivity index (χ1n) is 6.64. The van der Waals surface area contributed by atoms with Crippen LogP contribution in [0.1, 0.15) is 57.4 Å². The van der Waals surface area contributed by atoms with E-state index in [0.29, 0.717) is 12.8 Å². The Morgan fingerprint density at radius 3 is 2.61 bits per heavy atom. The highest BCUT2D eigenvalue weighted by atomic mass is 35.5. The molecule has 1 aromatic carbocycles. The minimum absolute atomic E-state index is 0.169. The Hall–Kier alpha value is -0.630. The fourth-order valence-electron chi connectivity index (χ4n) is 2.16. The summed E-state index contributed by atoms with van der Waals surface area (Å²) in [5.74, 6) is -0.211. The van der Waals surface area contributed by atoms with E-state index >= 15 is 0 Å². The Balaban J connectivity index is 2.45. The summed E-state index contributed by atoms with van der Waals surface area (Å²) in [7, 11) is 0. The fraction of sp³-hybridized carbons (Fsp3) is 0.600. The van der Waals surface area contributed by atoms with Gasteiger partial charge in [-0.2, -0.15) is 0 Å². The third-order valence-corrected chi connectivity index (χ3v) is 3.67. The molecule has 0 saturated carbocycles. The second-order valence-electron chi connectivity index (χ2n) is 4.86. The average Bonchev–Trinajstić information content (AvgIpc) is 2.33. The first-order chi connectivity index (χ1) is 8.56. The van der Waals surface area contributed by atoms with Crippen molar-refractivity contribution in [1.82, 2.24) is 0 Å². The van der Waals surface area contributed by atoms with Crippen LogP contribution in [-0.2, 0) is 0 Å². The number of hydrogen-bond acceptors (Lipinski definition) is 0. The van der Waals surface area contributed by atoms with Crippen LogP contribution >= 0.6 is 11.6 Å². The molecule has 3 heteroatoms. The maximum atomic E-state index is 13.3. The molecule has 0 bridgehead atoms. The maximum absolute atomic E-state index is 13.3. The standard InChI is InChI=1S/C15H21ClF2/c1-3-6-12(17)8-4-7-11(2)13-9-5-10-14(18)15(13)16/h5,9-12H,3-4,6-8H2,1-2H3. The molecule has 102 valence electrons. The van der Waals surface area contributed by atoms with E-state index in [4.69, 9.17) is 11.6 Å². The van der Waals surface area contributed by atoms with Crippen LogP contribution in [0.15, 0.2) is 18.2 Å². The molecule has 0 saturated heterocycles. The van der Waals surface area contributed by atoms with Crippen LogP contribution in [0.25, 0.3) is 0 Å². The van der Waals surface area contributed by atoms with E-state index in [2.05, 4.69) is 0 Å². The Bertz CT molecular complexity index is 366. The second kappa shape index (κ2) is 7.73. The number of halogens is 3. The van der Waals surface area contributed by atoms with Crippen LogP contribution in [0.3, 0.4) is 0 Å². The van der Waals surface area contributed by atoms with E-state index in [9.17, 15) is 8.78 Å². The lowest BCUT2D eigenvalue weighted by molar-refractivity contribution is 0.284. The zero-order valence-electron chi connectivity index (χ0n) is 11.1. The monoisotopic (exact) mass is 274 g/mol. The summed E-state index contributed by atoms with van der Waals surface area (Å²) in [5, 5.41) is 0.204. The summed E-state index contributed by atoms with van der Waals surface area (Å²) in [5.41, 5.74) is 0.822. The molecule has 2 unspecified atom stereocenters. The number of alkyl halides is 1. The van der Waals surface area contributed by atoms with Crippen LogP contribution in [-0.4, -0.2) is 6.17 Å². The fourth-order valence-corrected chi connectivity index (χ4v) is 2.47. The SMILES string of the molecule is CCCC(F)CCCC(C)c1cccc(F)c1Cl. The van der Waals surface area contributed by atoms with Gasteiger partial charge in [0.15, 0.2) is 0 Å². The van der Waals surface area contributed by atoms with Gasteiger partial charge in [0.1, 0.15) is 12.0 Å². The van der Waals surface area contributed by atoms with Crippen molar-refractivity contribution in [2.24, 2.45) is 0 Å². The maximum Gasteiger partial charge on any atom is 0.142 e. The van der Waals surface area contributed by atoms with Crippen molar-refractivity contribution in [3.05, 3.63) is 34.6 Å². The zero-order valence-corrected chi connectivity index (χ0v) is 11.8. The highest BCUT2D eigenvalue weighted by Gasteiger charge is 2.13. The van der Waals surface area contributed by atoms with Crippen molar-refractivity contribution in [3.8, 4) is 0 Å². The van der Waals surface area contributed by atoms with Gasteiger partial charge in [-0.1, -0.05) is 44.0 Å². The zero-order chi connectivity index (χ0) is 13.5. The van der Waals surface area contributed by atoms with Gasteiger partial charge < -0.3 is 0 Å². The van der Waals surface area contributed by atoms with E-state index in [0.717, 1.165) is 24.8 Å². The van der Waals surface area contributed by atoms with E-state index in [1.54, 1.807) is 6.07 Å². The van der Waals surface area contributed by atoms with Crippen LogP contribution in [0.2, 0.25) is 5.02 Å². The van der Waals surface area contributed by atoms with Gasteiger partial charge in [-0.25, -0.2) is 8.78 Å². The van der Waals surface area contributed by atoms with E-state index in [1.807, 2.05) is 19.9 Å². The molecule has 0 spiro atoms. The molecule has 0 aromatic heterocycles. The van der Waals surface area contributed by atoms with Crippen LogP contribution in [0.4, 0.5) is 8.78 Å². The topological polar surface area (TPSA) is 0 Å². The molecule has 2 atom stereocenters. The number of benzene rings is 1. The predicted molar refractivity (Wildman–Crippen MR) is 73.5 cm³/mol. The van der Waals surface area contributed by atoms with Gasteiger partial charge >= 0.3 is 0 Å². The van der Waals surface area contributed by atoms with Gasteiger partial charge in [-0.3, -0.25) is 0 Å². The first kappa shape index (κ1) is 15.4. The molecule has 0 amide bonds. The predicted octanol–water partition coefficient (Wildman–Crippen LogP) is 5.89. The van der Waals surface area contributed by atoms with Gasteiger partial charge in [0, 0.05) is 0 Å². The summed E-state index contributed by atoms with van der Waals surface area (Å²) in [6.45, 7) is 4.00. The molecular formula is C15H21ClF2. The third-order valence-electron chi connectivity index (χ3n) is 3.27. The van der Waals surface area contributed by atoms with Crippen molar-refractivity contribution in [2.45, 2.75) is 58.0 Å². The van der Waals surface area contributed by atoms with Gasteiger partial charge in [0.25, 0.3) is 0 Å². The molecule has 18 heavy (non-hydrogen) atoms. The quantitative estimate of drug-likeness (QED) is 0.581. The lowest BCUT2D eigenvalue weighted by atomic mass is 9.94. The molecule has 0 radical (unpaired) electrons. The number of hydrogen-bond donors (Lipinski definition) is 0. The Kier molecular flexibility index (Phi) is 6.62. The molecule has 1 aromatic rings. The summed E-state index contributed by atoms with van der Waals surface area (Å²) in [6, 6.07) is 4.87. The van der Waals surface area contributed by atoms with Crippen LogP contribution in [0, 0.1) is 5.82 Å². The largest absolute Gasteiger partial charge is 0.247 e. The van der Waals surface area contributed by atoms with Gasteiger partial charge in [-0.05, 0) is 43.2 Å². The highest BCUT2D eigenvalue weighted by molar-refractivity contribution is 6.31. The minimum atomic E-state index is -0.704. The lowest BCUT2D eigenvalue weighted by Gasteiger charge is -2.14. The van der Waals surface area contributed by atoms with Crippen LogP contribution in [0.5, 0.6) is 0 Å². The summed E-state index contributed by atoms with van der Waals surface area (Å²) in [4.78, 5) is 0. The van der Waals surface area contributed by atoms with Crippen molar-refractivity contribution in [2.75, 3.05) is 0 Å². The molecule has 0 heterocycles. The normalized spacial score (nSPS) is 14.5. The highest BCUT2D eigenvalue weighted by Crippen LogP contribution is 2.30. The van der Waals surface area contributed by atoms with Gasteiger partial charge in [0.2, 0.25) is 0 Å². The van der Waals surface area contributed by atoms with Gasteiger partial charge in [0.05, 0.1) is 5.02 Å². The van der Waals surface area contributed by atoms with E-state index < -0.39 is 6.17 Å². The summed E-state index contributed by atoms with van der Waals surface area (Å²) >= 11 is 5.93. The van der Waals surface area contributed by atoms with Crippen molar-refractivity contribution in [1.29, 1.82) is 0 Å². The summed E-state index contributed by atoms with van der Waals surface area (Å²) < 4.78 is 26.6. The smallest absolute Gasteiger partial charge is 0.142 e. The van der Waals surface area contributed by atoms with Crippen molar-refractivity contribution >= 4 is 11.6 Å². The van der Waals surface area contributed by atoms with E-state index in [-0.39, 0.29) is 16.8 Å². The Morgan fingerprint density at radius 2 is 1.94 bits per heavy atom.